The number of carbonyl (C=O) groups excluding carboxylic acids is 1. The smallest absolute Gasteiger partial charge is 0.271 e. The van der Waals surface area contributed by atoms with Crippen molar-refractivity contribution in [3.8, 4) is 0 Å². The summed E-state index contributed by atoms with van der Waals surface area (Å²) in [5.74, 6) is 0.425. The maximum atomic E-state index is 12.3. The zero-order chi connectivity index (χ0) is 17.3. The van der Waals surface area contributed by atoms with Gasteiger partial charge in [0.2, 0.25) is 10.0 Å². The first-order valence-electron chi connectivity index (χ1n) is 7.79. The quantitative estimate of drug-likeness (QED) is 0.869. The van der Waals surface area contributed by atoms with Crippen molar-refractivity contribution in [3.63, 3.8) is 0 Å². The molecule has 2 aromatic rings. The number of rotatable bonds is 5. The maximum absolute atomic E-state index is 12.3. The molecule has 7 nitrogen and oxygen atoms in total. The molecule has 0 spiro atoms. The van der Waals surface area contributed by atoms with Gasteiger partial charge < -0.3 is 9.88 Å². The van der Waals surface area contributed by atoms with Crippen LogP contribution in [0.5, 0.6) is 0 Å². The molecule has 3 heterocycles. The highest BCUT2D eigenvalue weighted by Crippen LogP contribution is 2.27. The normalized spacial score (nSPS) is 18.3. The van der Waals surface area contributed by atoms with E-state index in [-0.39, 0.29) is 17.7 Å². The number of sulfonamides is 1. The third-order valence-corrected chi connectivity index (χ3v) is 6.95. The summed E-state index contributed by atoms with van der Waals surface area (Å²) in [6, 6.07) is 3.52. The van der Waals surface area contributed by atoms with Crippen molar-refractivity contribution >= 4 is 27.3 Å². The Morgan fingerprint density at radius 1 is 1.46 bits per heavy atom. The molecular weight excluding hydrogens is 348 g/mol. The van der Waals surface area contributed by atoms with Crippen LogP contribution < -0.4 is 5.32 Å². The average molecular weight is 368 g/mol. The highest BCUT2D eigenvalue weighted by atomic mass is 32.2. The second-order valence-electron chi connectivity index (χ2n) is 5.63. The number of thiophene rings is 1. The molecule has 0 bridgehead atoms. The number of nitrogens with one attached hydrogen (secondary N) is 1. The van der Waals surface area contributed by atoms with Gasteiger partial charge in [0, 0.05) is 24.2 Å². The number of nitrogens with zero attached hydrogens (tertiary/aromatic N) is 3. The van der Waals surface area contributed by atoms with E-state index in [9.17, 15) is 13.2 Å². The van der Waals surface area contributed by atoms with Crippen molar-refractivity contribution in [2.75, 3.05) is 12.3 Å². The second-order valence-corrected chi connectivity index (χ2v) is 8.87. The summed E-state index contributed by atoms with van der Waals surface area (Å²) in [6.07, 6.45) is 1.70. The van der Waals surface area contributed by atoms with Crippen molar-refractivity contribution < 1.29 is 13.2 Å². The van der Waals surface area contributed by atoms with E-state index in [0.717, 1.165) is 4.88 Å². The molecule has 1 aliphatic rings. The molecule has 130 valence electrons. The molecule has 0 radical (unpaired) electrons. The highest BCUT2D eigenvalue weighted by Gasteiger charge is 2.33. The molecule has 1 amide bonds. The Labute approximate surface area is 145 Å². The number of hydrogen-bond donors (Lipinski definition) is 1. The molecule has 0 saturated carbocycles. The first kappa shape index (κ1) is 17.1. The number of hydrogen-bond acceptors (Lipinski definition) is 5. The van der Waals surface area contributed by atoms with Crippen LogP contribution in [0.15, 0.2) is 23.7 Å². The molecule has 2 aromatic heterocycles. The van der Waals surface area contributed by atoms with E-state index >= 15 is 0 Å². The lowest BCUT2D eigenvalue weighted by Gasteiger charge is -2.32. The van der Waals surface area contributed by atoms with Gasteiger partial charge in [0.15, 0.2) is 0 Å². The summed E-state index contributed by atoms with van der Waals surface area (Å²) in [5, 5.41) is 4.80. The van der Waals surface area contributed by atoms with E-state index in [0.29, 0.717) is 31.2 Å². The van der Waals surface area contributed by atoms with Crippen molar-refractivity contribution in [1.29, 1.82) is 0 Å². The molecule has 1 aliphatic heterocycles. The lowest BCUT2D eigenvalue weighted by atomic mass is 10.2. The zero-order valence-electron chi connectivity index (χ0n) is 13.6. The zero-order valence-corrected chi connectivity index (χ0v) is 15.2. The first-order chi connectivity index (χ1) is 11.4. The summed E-state index contributed by atoms with van der Waals surface area (Å²) >= 11 is 1.58. The molecule has 0 aromatic carbocycles. The fraction of sp³-hybridized carbons (Fsp3) is 0.467. The van der Waals surface area contributed by atoms with Crippen LogP contribution in [0.3, 0.4) is 0 Å². The SMILES string of the molecule is CCS(=O)(=O)N1CCn2cc(C(=O)NCc3cccs3)nc2C1C. The minimum atomic E-state index is -3.28. The first-order valence-corrected chi connectivity index (χ1v) is 10.3. The van der Waals surface area contributed by atoms with Crippen LogP contribution in [-0.2, 0) is 23.1 Å². The molecule has 1 atom stereocenters. The molecule has 1 unspecified atom stereocenters. The fourth-order valence-electron chi connectivity index (χ4n) is 2.80. The van der Waals surface area contributed by atoms with Gasteiger partial charge in [0.05, 0.1) is 18.3 Å². The van der Waals surface area contributed by atoms with Crippen molar-refractivity contribution in [2.24, 2.45) is 0 Å². The van der Waals surface area contributed by atoms with Gasteiger partial charge in [-0.2, -0.15) is 4.31 Å². The largest absolute Gasteiger partial charge is 0.346 e. The molecule has 0 fully saturated rings. The van der Waals surface area contributed by atoms with Crippen LogP contribution in [-0.4, -0.2) is 40.5 Å². The van der Waals surface area contributed by atoms with Gasteiger partial charge in [-0.05, 0) is 25.3 Å². The van der Waals surface area contributed by atoms with Crippen LogP contribution in [0, 0.1) is 0 Å². The lowest BCUT2D eigenvalue weighted by Crippen LogP contribution is -2.41. The molecule has 9 heteroatoms. The number of carbonyl (C=O) groups is 1. The Kier molecular flexibility index (Phi) is 4.75. The van der Waals surface area contributed by atoms with E-state index < -0.39 is 10.0 Å². The Balaban J connectivity index is 1.76. The van der Waals surface area contributed by atoms with E-state index in [2.05, 4.69) is 10.3 Å². The van der Waals surface area contributed by atoms with Crippen molar-refractivity contribution in [2.45, 2.75) is 33.0 Å². The maximum Gasteiger partial charge on any atom is 0.271 e. The van der Waals surface area contributed by atoms with E-state index in [1.165, 1.54) is 4.31 Å². The summed E-state index contributed by atoms with van der Waals surface area (Å²) in [6.45, 7) is 4.80. The molecule has 3 rings (SSSR count). The molecule has 0 aliphatic carbocycles. The van der Waals surface area contributed by atoms with Gasteiger partial charge in [-0.15, -0.1) is 11.3 Å². The Morgan fingerprint density at radius 2 is 2.25 bits per heavy atom. The van der Waals surface area contributed by atoms with Crippen molar-refractivity contribution in [1.82, 2.24) is 19.2 Å². The van der Waals surface area contributed by atoms with Crippen LogP contribution in [0.1, 0.15) is 41.1 Å². The van der Waals surface area contributed by atoms with Crippen LogP contribution in [0.25, 0.3) is 0 Å². The van der Waals surface area contributed by atoms with Crippen LogP contribution >= 0.6 is 11.3 Å². The summed E-state index contributed by atoms with van der Waals surface area (Å²) in [7, 11) is -3.28. The highest BCUT2D eigenvalue weighted by molar-refractivity contribution is 7.89. The summed E-state index contributed by atoms with van der Waals surface area (Å²) < 4.78 is 27.6. The number of imidazole rings is 1. The number of amides is 1. The van der Waals surface area contributed by atoms with Gasteiger partial charge >= 0.3 is 0 Å². The van der Waals surface area contributed by atoms with E-state index in [1.807, 2.05) is 22.1 Å². The summed E-state index contributed by atoms with van der Waals surface area (Å²) in [4.78, 5) is 17.7. The van der Waals surface area contributed by atoms with Crippen LogP contribution in [0.4, 0.5) is 0 Å². The van der Waals surface area contributed by atoms with Gasteiger partial charge in [-0.3, -0.25) is 4.79 Å². The third-order valence-electron chi connectivity index (χ3n) is 4.13. The fourth-order valence-corrected chi connectivity index (χ4v) is 4.71. The van der Waals surface area contributed by atoms with Gasteiger partial charge in [-0.25, -0.2) is 13.4 Å². The Morgan fingerprint density at radius 3 is 2.92 bits per heavy atom. The predicted molar refractivity (Wildman–Crippen MR) is 92.3 cm³/mol. The van der Waals surface area contributed by atoms with E-state index in [4.69, 9.17) is 0 Å². The lowest BCUT2D eigenvalue weighted by molar-refractivity contribution is 0.0946. The monoisotopic (exact) mass is 368 g/mol. The standard InChI is InChI=1S/C15H20N4O3S2/c1-3-24(21,22)19-7-6-18-10-13(17-14(18)11(19)2)15(20)16-9-12-5-4-8-23-12/h4-5,8,10-11H,3,6-7,9H2,1-2H3,(H,16,20). The minimum absolute atomic E-state index is 0.0617. The van der Waals surface area contributed by atoms with Crippen LogP contribution in [0.2, 0.25) is 0 Å². The summed E-state index contributed by atoms with van der Waals surface area (Å²) in [5.41, 5.74) is 0.323. The van der Waals surface area contributed by atoms with Gasteiger partial charge in [-0.1, -0.05) is 6.07 Å². The number of fused-ring (bicyclic) bond motifs is 1. The topological polar surface area (TPSA) is 84.3 Å². The molecule has 24 heavy (non-hydrogen) atoms. The average Bonchev–Trinajstić information content (AvgIpc) is 3.22. The minimum Gasteiger partial charge on any atom is -0.346 e. The number of aromatic nitrogens is 2. The Hall–Kier alpha value is -1.71. The molecule has 0 saturated heterocycles. The predicted octanol–water partition coefficient (Wildman–Crippen LogP) is 1.60. The van der Waals surface area contributed by atoms with E-state index in [1.54, 1.807) is 31.4 Å². The van der Waals surface area contributed by atoms with Crippen molar-refractivity contribution in [3.05, 3.63) is 40.1 Å². The second kappa shape index (κ2) is 6.66. The van der Waals surface area contributed by atoms with Gasteiger partial charge in [0.25, 0.3) is 5.91 Å². The third kappa shape index (κ3) is 3.24. The molecule has 1 N–H and O–H groups in total. The Bertz CT molecular complexity index is 827. The van der Waals surface area contributed by atoms with Gasteiger partial charge in [0.1, 0.15) is 11.5 Å². The molecular formula is C15H20N4O3S2.